The lowest BCUT2D eigenvalue weighted by molar-refractivity contribution is -0.153. The number of allylic oxidation sites excluding steroid dienone is 2. The predicted molar refractivity (Wildman–Crippen MR) is 145 cm³/mol. The Hall–Kier alpha value is -3.54. The minimum atomic E-state index is -1.08. The molecule has 1 aromatic heterocycles. The molecule has 0 fully saturated rings. The van der Waals surface area contributed by atoms with Gasteiger partial charge >= 0.3 is 5.97 Å². The Kier molecular flexibility index (Phi) is 12.8. The third-order valence-corrected chi connectivity index (χ3v) is 6.57. The molecule has 1 aromatic rings. The SMILES string of the molecule is C/C=C1\NC(=O)c2ccc(F)c(n2)CNC(=O)C[C@@H](/C=C/CCSC(=O)CCC)OC(=O)[C@H](C(C)C)NC1=O. The van der Waals surface area contributed by atoms with E-state index in [1.54, 1.807) is 26.0 Å². The number of thioether (sulfide) groups is 1. The van der Waals surface area contributed by atoms with Crippen LogP contribution >= 0.6 is 11.8 Å². The summed E-state index contributed by atoms with van der Waals surface area (Å²) in [6.07, 6.45) is 5.15. The fourth-order valence-electron chi connectivity index (χ4n) is 3.47. The molecular weight excluding hydrogens is 527 g/mol. The largest absolute Gasteiger partial charge is 0.456 e. The van der Waals surface area contributed by atoms with Crippen LogP contribution in [0.4, 0.5) is 4.39 Å². The van der Waals surface area contributed by atoms with Crippen LogP contribution < -0.4 is 16.0 Å². The van der Waals surface area contributed by atoms with Crippen LogP contribution in [0, 0.1) is 11.7 Å². The van der Waals surface area contributed by atoms with E-state index in [0.717, 1.165) is 18.6 Å². The summed E-state index contributed by atoms with van der Waals surface area (Å²) >= 11 is 1.21. The van der Waals surface area contributed by atoms with Crippen molar-refractivity contribution in [3.8, 4) is 0 Å². The molecule has 2 bridgehead atoms. The maximum atomic E-state index is 14.3. The van der Waals surface area contributed by atoms with Crippen molar-refractivity contribution >= 4 is 40.6 Å². The number of amides is 3. The third-order valence-electron chi connectivity index (χ3n) is 5.60. The summed E-state index contributed by atoms with van der Waals surface area (Å²) in [7, 11) is 0. The highest BCUT2D eigenvalue weighted by Crippen LogP contribution is 2.14. The maximum Gasteiger partial charge on any atom is 0.329 e. The Morgan fingerprint density at radius 1 is 1.23 bits per heavy atom. The van der Waals surface area contributed by atoms with Gasteiger partial charge in [0.2, 0.25) is 5.91 Å². The normalized spacial score (nSPS) is 20.5. The monoisotopic (exact) mass is 562 g/mol. The highest BCUT2D eigenvalue weighted by molar-refractivity contribution is 8.13. The van der Waals surface area contributed by atoms with Gasteiger partial charge in [0.05, 0.1) is 18.7 Å². The molecule has 0 saturated heterocycles. The number of carbonyl (C=O) groups excluding carboxylic acids is 5. The molecule has 0 aliphatic carbocycles. The zero-order valence-corrected chi connectivity index (χ0v) is 23.4. The first-order chi connectivity index (χ1) is 18.5. The zero-order valence-electron chi connectivity index (χ0n) is 22.5. The smallest absolute Gasteiger partial charge is 0.329 e. The summed E-state index contributed by atoms with van der Waals surface area (Å²) in [6.45, 7) is 6.58. The van der Waals surface area contributed by atoms with E-state index in [9.17, 15) is 28.4 Å². The van der Waals surface area contributed by atoms with E-state index < -0.39 is 41.7 Å². The molecule has 0 radical (unpaired) electrons. The number of nitrogens with zero attached hydrogens (tertiary/aromatic N) is 1. The number of fused-ring (bicyclic) bond motifs is 2. The number of pyridine rings is 1. The molecule has 1 aliphatic rings. The molecule has 2 heterocycles. The summed E-state index contributed by atoms with van der Waals surface area (Å²) in [4.78, 5) is 67.0. The van der Waals surface area contributed by atoms with E-state index in [-0.39, 0.29) is 41.1 Å². The number of hydrogen-bond acceptors (Lipinski definition) is 8. The quantitative estimate of drug-likeness (QED) is 0.199. The van der Waals surface area contributed by atoms with Gasteiger partial charge in [0.25, 0.3) is 11.8 Å². The second-order valence-electron chi connectivity index (χ2n) is 9.12. The highest BCUT2D eigenvalue weighted by atomic mass is 32.2. The first kappa shape index (κ1) is 31.7. The molecule has 39 heavy (non-hydrogen) atoms. The second-order valence-corrected chi connectivity index (χ2v) is 10.3. The molecule has 0 unspecified atom stereocenters. The first-order valence-corrected chi connectivity index (χ1v) is 13.8. The van der Waals surface area contributed by atoms with Crippen molar-refractivity contribution in [1.82, 2.24) is 20.9 Å². The van der Waals surface area contributed by atoms with E-state index in [0.29, 0.717) is 18.6 Å². The van der Waals surface area contributed by atoms with Crippen LogP contribution in [0.25, 0.3) is 0 Å². The Morgan fingerprint density at radius 2 is 1.97 bits per heavy atom. The lowest BCUT2D eigenvalue weighted by Crippen LogP contribution is -2.48. The van der Waals surface area contributed by atoms with Crippen LogP contribution in [-0.4, -0.2) is 51.7 Å². The van der Waals surface area contributed by atoms with Gasteiger partial charge in [-0.2, -0.15) is 0 Å². The first-order valence-electron chi connectivity index (χ1n) is 12.8. The number of carbonyl (C=O) groups is 5. The molecular formula is C27H35FN4O6S. The Bertz CT molecular complexity index is 1140. The van der Waals surface area contributed by atoms with Gasteiger partial charge in [-0.15, -0.1) is 0 Å². The van der Waals surface area contributed by atoms with Crippen molar-refractivity contribution in [3.63, 3.8) is 0 Å². The minimum Gasteiger partial charge on any atom is -0.456 e. The number of rotatable bonds is 7. The van der Waals surface area contributed by atoms with Gasteiger partial charge in [-0.1, -0.05) is 44.7 Å². The number of cyclic esters (lactones) is 1. The van der Waals surface area contributed by atoms with Crippen molar-refractivity contribution in [3.05, 3.63) is 53.3 Å². The maximum absolute atomic E-state index is 14.3. The number of esters is 1. The Balaban J connectivity index is 2.32. The molecule has 3 N–H and O–H groups in total. The topological polar surface area (TPSA) is 144 Å². The van der Waals surface area contributed by atoms with Gasteiger partial charge in [-0.3, -0.25) is 19.2 Å². The molecule has 12 heteroatoms. The molecule has 0 aromatic carbocycles. The average molecular weight is 563 g/mol. The summed E-state index contributed by atoms with van der Waals surface area (Å²) in [5.41, 5.74) is -0.457. The average Bonchev–Trinajstić information content (AvgIpc) is 2.88. The van der Waals surface area contributed by atoms with Gasteiger partial charge in [-0.25, -0.2) is 14.2 Å². The molecule has 3 amide bonds. The number of halogens is 1. The van der Waals surface area contributed by atoms with Crippen molar-refractivity contribution in [2.24, 2.45) is 5.92 Å². The number of nitrogens with one attached hydrogen (secondary N) is 3. The lowest BCUT2D eigenvalue weighted by Gasteiger charge is -2.24. The molecule has 0 spiro atoms. The van der Waals surface area contributed by atoms with E-state index >= 15 is 0 Å². The predicted octanol–water partition coefficient (Wildman–Crippen LogP) is 2.93. The van der Waals surface area contributed by atoms with Crippen molar-refractivity contribution in [1.29, 1.82) is 0 Å². The molecule has 212 valence electrons. The van der Waals surface area contributed by atoms with Crippen molar-refractivity contribution in [2.75, 3.05) is 5.75 Å². The van der Waals surface area contributed by atoms with Crippen LogP contribution in [0.5, 0.6) is 0 Å². The standard InChI is InChI=1S/C27H35FN4O6S/c1-5-9-23(34)39-13-8-7-10-17-14-22(33)29-15-21-18(28)11-12-20(30-21)26(36)31-19(6-2)25(35)32-24(16(3)4)27(37)38-17/h6-7,10-12,16-17,24H,5,8-9,13-15H2,1-4H3,(H,29,33)(H,31,36)(H,32,35)/b10-7+,19-6-/t17-,24+/m1/s1. The van der Waals surface area contributed by atoms with Crippen LogP contribution in [0.3, 0.4) is 0 Å². The van der Waals surface area contributed by atoms with Crippen molar-refractivity contribution < 1.29 is 33.1 Å². The third kappa shape index (κ3) is 10.3. The molecule has 1 aliphatic heterocycles. The van der Waals surface area contributed by atoms with Crippen LogP contribution in [-0.2, 0) is 30.5 Å². The van der Waals surface area contributed by atoms with Crippen molar-refractivity contribution in [2.45, 2.75) is 72.1 Å². The number of ether oxygens (including phenoxy) is 1. The van der Waals surface area contributed by atoms with Gasteiger partial charge in [0.1, 0.15) is 29.4 Å². The number of hydrogen-bond donors (Lipinski definition) is 3. The lowest BCUT2D eigenvalue weighted by atomic mass is 10.0. The fourth-order valence-corrected chi connectivity index (χ4v) is 4.30. The fraction of sp³-hybridized carbons (Fsp3) is 0.481. The summed E-state index contributed by atoms with van der Waals surface area (Å²) in [5.74, 6) is -3.37. The number of aromatic nitrogens is 1. The molecule has 0 saturated carbocycles. The second kappa shape index (κ2) is 15.8. The van der Waals surface area contributed by atoms with Gasteiger partial charge in [-0.05, 0) is 43.9 Å². The Morgan fingerprint density at radius 3 is 2.64 bits per heavy atom. The molecule has 2 atom stereocenters. The van der Waals surface area contributed by atoms with E-state index in [4.69, 9.17) is 4.74 Å². The Labute approximate surface area is 231 Å². The summed E-state index contributed by atoms with van der Waals surface area (Å²) in [6, 6.07) is 1.13. The zero-order chi connectivity index (χ0) is 28.9. The van der Waals surface area contributed by atoms with E-state index in [1.807, 2.05) is 6.92 Å². The van der Waals surface area contributed by atoms with Crippen LogP contribution in [0.2, 0.25) is 0 Å². The summed E-state index contributed by atoms with van der Waals surface area (Å²) in [5, 5.41) is 7.63. The van der Waals surface area contributed by atoms with E-state index in [1.165, 1.54) is 24.8 Å². The molecule has 2 rings (SSSR count). The van der Waals surface area contributed by atoms with Crippen LogP contribution in [0.1, 0.15) is 69.6 Å². The molecule has 10 nitrogen and oxygen atoms in total. The van der Waals surface area contributed by atoms with Gasteiger partial charge < -0.3 is 20.7 Å². The van der Waals surface area contributed by atoms with Gasteiger partial charge in [0.15, 0.2) is 5.12 Å². The van der Waals surface area contributed by atoms with Crippen LogP contribution in [0.15, 0.2) is 36.1 Å². The van der Waals surface area contributed by atoms with Gasteiger partial charge in [0, 0.05) is 12.2 Å². The van der Waals surface area contributed by atoms with E-state index in [2.05, 4.69) is 20.9 Å². The summed E-state index contributed by atoms with van der Waals surface area (Å²) < 4.78 is 19.9. The minimum absolute atomic E-state index is 0.0959. The highest BCUT2D eigenvalue weighted by Gasteiger charge is 2.30.